The quantitative estimate of drug-likeness (QED) is 0.135. The third-order valence-corrected chi connectivity index (χ3v) is 7.26. The Labute approximate surface area is 245 Å². The van der Waals surface area contributed by atoms with Crippen LogP contribution in [0.4, 0.5) is 5.69 Å². The molecule has 9 nitrogen and oxygen atoms in total. The highest BCUT2D eigenvalue weighted by Gasteiger charge is 2.36. The minimum absolute atomic E-state index is 0.0235. The Morgan fingerprint density at radius 3 is 2.37 bits per heavy atom. The molecule has 3 rings (SSSR count). The van der Waals surface area contributed by atoms with E-state index in [1.165, 1.54) is 0 Å². The number of ether oxygens (including phenoxy) is 5. The number of aliphatic hydroxyl groups is 1. The molecule has 4 N–H and O–H groups in total. The second kappa shape index (κ2) is 18.9. The van der Waals surface area contributed by atoms with E-state index in [9.17, 15) is 10.2 Å². The zero-order valence-electron chi connectivity index (χ0n) is 25.0. The van der Waals surface area contributed by atoms with Gasteiger partial charge in [0.25, 0.3) is 0 Å². The molecule has 4 atom stereocenters. The lowest BCUT2D eigenvalue weighted by atomic mass is 9.85. The van der Waals surface area contributed by atoms with E-state index in [2.05, 4.69) is 29.7 Å². The molecule has 9 heteroatoms. The summed E-state index contributed by atoms with van der Waals surface area (Å²) < 4.78 is 28.9. The molecular formula is C32H50N2O7. The van der Waals surface area contributed by atoms with Crippen LogP contribution >= 0.6 is 0 Å². The maximum atomic E-state index is 10.3. The third-order valence-electron chi connectivity index (χ3n) is 7.26. The minimum Gasteiger partial charge on any atom is -0.506 e. The van der Waals surface area contributed by atoms with Gasteiger partial charge >= 0.3 is 0 Å². The van der Waals surface area contributed by atoms with Gasteiger partial charge in [0.05, 0.1) is 43.8 Å². The van der Waals surface area contributed by atoms with E-state index in [-0.39, 0.29) is 23.9 Å². The number of anilines is 1. The van der Waals surface area contributed by atoms with E-state index >= 15 is 0 Å². The lowest BCUT2D eigenvalue weighted by Gasteiger charge is -2.39. The summed E-state index contributed by atoms with van der Waals surface area (Å²) in [6.07, 6.45) is 3.59. The van der Waals surface area contributed by atoms with Gasteiger partial charge in [-0.2, -0.15) is 0 Å². The predicted molar refractivity (Wildman–Crippen MR) is 161 cm³/mol. The van der Waals surface area contributed by atoms with Crippen LogP contribution in [0.15, 0.2) is 42.5 Å². The number of nitrogens with one attached hydrogen (secondary N) is 2. The highest BCUT2D eigenvalue weighted by atomic mass is 16.5. The van der Waals surface area contributed by atoms with Crippen molar-refractivity contribution in [1.82, 2.24) is 5.32 Å². The number of aliphatic hydroxyl groups excluding tert-OH is 1. The minimum atomic E-state index is -0.484. The zero-order valence-corrected chi connectivity index (χ0v) is 25.0. The highest BCUT2D eigenvalue weighted by Crippen LogP contribution is 2.33. The summed E-state index contributed by atoms with van der Waals surface area (Å²) in [6.45, 7) is 6.86. The number of rotatable bonds is 20. The summed E-state index contributed by atoms with van der Waals surface area (Å²) in [5, 5.41) is 27.4. The first-order valence-corrected chi connectivity index (χ1v) is 14.9. The molecule has 0 aromatic heterocycles. The van der Waals surface area contributed by atoms with Gasteiger partial charge in [0, 0.05) is 53.0 Å². The van der Waals surface area contributed by atoms with Crippen molar-refractivity contribution in [3.05, 3.63) is 53.6 Å². The molecule has 1 aliphatic heterocycles. The summed E-state index contributed by atoms with van der Waals surface area (Å²) in [7, 11) is 3.39. The molecule has 0 saturated carbocycles. The van der Waals surface area contributed by atoms with Gasteiger partial charge in [0.2, 0.25) is 0 Å². The van der Waals surface area contributed by atoms with Gasteiger partial charge in [0.1, 0.15) is 11.5 Å². The van der Waals surface area contributed by atoms with Crippen molar-refractivity contribution in [2.45, 2.75) is 69.9 Å². The second-order valence-electron chi connectivity index (χ2n) is 10.6. The van der Waals surface area contributed by atoms with Gasteiger partial charge in [-0.05, 0) is 61.1 Å². The second-order valence-corrected chi connectivity index (χ2v) is 10.6. The van der Waals surface area contributed by atoms with Crippen LogP contribution in [0.1, 0.15) is 56.1 Å². The number of hydrogen-bond acceptors (Lipinski definition) is 9. The molecule has 1 aliphatic rings. The van der Waals surface area contributed by atoms with Gasteiger partial charge in [-0.3, -0.25) is 0 Å². The number of benzene rings is 2. The van der Waals surface area contributed by atoms with Crippen molar-refractivity contribution in [2.75, 3.05) is 65.6 Å². The van der Waals surface area contributed by atoms with Crippen molar-refractivity contribution in [3.63, 3.8) is 0 Å². The van der Waals surface area contributed by atoms with Gasteiger partial charge in [0.15, 0.2) is 0 Å². The van der Waals surface area contributed by atoms with E-state index < -0.39 is 6.10 Å². The van der Waals surface area contributed by atoms with Crippen LogP contribution in [0.25, 0.3) is 0 Å². The third kappa shape index (κ3) is 11.4. The number of unbranched alkanes of at least 4 members (excludes halogenated alkanes) is 1. The van der Waals surface area contributed by atoms with E-state index in [0.29, 0.717) is 58.2 Å². The number of piperidine rings is 1. The summed E-state index contributed by atoms with van der Waals surface area (Å²) in [5.74, 6) is 1.02. The molecule has 0 unspecified atom stereocenters. The Hall–Kier alpha value is -2.40. The largest absolute Gasteiger partial charge is 0.506 e. The maximum absolute atomic E-state index is 10.3. The smallest absolute Gasteiger partial charge is 0.138 e. The van der Waals surface area contributed by atoms with Crippen LogP contribution in [-0.2, 0) is 25.6 Å². The lowest BCUT2D eigenvalue weighted by molar-refractivity contribution is -0.0783. The van der Waals surface area contributed by atoms with Gasteiger partial charge in [-0.25, -0.2) is 0 Å². The molecule has 2 aromatic rings. The highest BCUT2D eigenvalue weighted by molar-refractivity contribution is 5.57. The standard InChI is InChI=1S/C32H50N2O7/c1-4-8-26(35)23-41-31-21-33-20-30(32(31)25-10-12-27(13-11-25)39-18-6-5-16-37-2)40-22-24-9-14-29(36)28(19-24)34-15-7-17-38-3/h9-14,19,26,30-36H,4-8,15-18,20-23H2,1-3H3/t26-,30+,31-,32-/m1/s1. The van der Waals surface area contributed by atoms with Crippen LogP contribution in [0.2, 0.25) is 0 Å². The Balaban J connectivity index is 1.69. The SMILES string of the molecule is CCC[C@@H](O)CO[C@@H]1CNC[C@H](OCc2ccc(O)c(NCCCOC)c2)[C@H]1c1ccc(OCCCCOC)cc1. The Bertz CT molecular complexity index is 975. The molecule has 0 aliphatic carbocycles. The first kappa shape index (κ1) is 33.1. The molecule has 2 aromatic carbocycles. The first-order valence-electron chi connectivity index (χ1n) is 14.9. The van der Waals surface area contributed by atoms with Crippen molar-refractivity contribution >= 4 is 5.69 Å². The van der Waals surface area contributed by atoms with Crippen LogP contribution < -0.4 is 15.4 Å². The van der Waals surface area contributed by atoms with E-state index in [0.717, 1.165) is 49.2 Å². The fourth-order valence-electron chi connectivity index (χ4n) is 5.05. The molecule has 1 fully saturated rings. The summed E-state index contributed by atoms with van der Waals surface area (Å²) in [6, 6.07) is 13.7. The molecule has 41 heavy (non-hydrogen) atoms. The number of phenols is 1. The number of phenolic OH excluding ortho intramolecular Hbond substituents is 1. The molecule has 0 amide bonds. The molecular weight excluding hydrogens is 524 g/mol. The molecule has 0 bridgehead atoms. The van der Waals surface area contributed by atoms with E-state index in [4.69, 9.17) is 23.7 Å². The van der Waals surface area contributed by atoms with Gasteiger partial charge in [-0.15, -0.1) is 0 Å². The number of aromatic hydroxyl groups is 1. The zero-order chi connectivity index (χ0) is 29.3. The van der Waals surface area contributed by atoms with Gasteiger partial charge < -0.3 is 44.5 Å². The van der Waals surface area contributed by atoms with Crippen molar-refractivity contribution in [2.24, 2.45) is 0 Å². The Morgan fingerprint density at radius 2 is 1.63 bits per heavy atom. The molecule has 0 spiro atoms. The Kier molecular flexibility index (Phi) is 15.3. The summed E-state index contributed by atoms with van der Waals surface area (Å²) in [5.41, 5.74) is 2.77. The maximum Gasteiger partial charge on any atom is 0.138 e. The van der Waals surface area contributed by atoms with Crippen molar-refractivity contribution < 1.29 is 33.9 Å². The summed E-state index contributed by atoms with van der Waals surface area (Å²) >= 11 is 0. The van der Waals surface area contributed by atoms with Crippen molar-refractivity contribution in [1.29, 1.82) is 0 Å². The topological polar surface area (TPSA) is 111 Å². The number of hydrogen-bond donors (Lipinski definition) is 4. The van der Waals surface area contributed by atoms with Crippen molar-refractivity contribution in [3.8, 4) is 11.5 Å². The normalized spacial score (nSPS) is 19.7. The van der Waals surface area contributed by atoms with E-state index in [1.807, 2.05) is 24.3 Å². The molecule has 0 radical (unpaired) electrons. The average Bonchev–Trinajstić information content (AvgIpc) is 2.99. The van der Waals surface area contributed by atoms with Gasteiger partial charge in [-0.1, -0.05) is 31.5 Å². The van der Waals surface area contributed by atoms with E-state index in [1.54, 1.807) is 20.3 Å². The average molecular weight is 575 g/mol. The lowest BCUT2D eigenvalue weighted by Crippen LogP contribution is -2.51. The van der Waals surface area contributed by atoms with Crippen LogP contribution in [0.5, 0.6) is 11.5 Å². The van der Waals surface area contributed by atoms with Crippen LogP contribution in [0.3, 0.4) is 0 Å². The molecule has 1 heterocycles. The van der Waals surface area contributed by atoms with Crippen LogP contribution in [0, 0.1) is 0 Å². The first-order chi connectivity index (χ1) is 20.0. The fraction of sp³-hybridized carbons (Fsp3) is 0.625. The number of methoxy groups -OCH3 is 2. The summed E-state index contributed by atoms with van der Waals surface area (Å²) in [4.78, 5) is 0. The monoisotopic (exact) mass is 574 g/mol. The predicted octanol–water partition coefficient (Wildman–Crippen LogP) is 4.46. The molecule has 230 valence electrons. The molecule has 1 saturated heterocycles. The fourth-order valence-corrected chi connectivity index (χ4v) is 5.05. The van der Waals surface area contributed by atoms with Crippen LogP contribution in [-0.4, -0.2) is 88.8 Å². The Morgan fingerprint density at radius 1 is 0.927 bits per heavy atom.